The van der Waals surface area contributed by atoms with Gasteiger partial charge in [-0.1, -0.05) is 51.1 Å². The van der Waals surface area contributed by atoms with Gasteiger partial charge in [-0.15, -0.1) is 0 Å². The molecule has 39 heavy (non-hydrogen) atoms. The number of hydrogen-bond donors (Lipinski definition) is 3. The predicted molar refractivity (Wildman–Crippen MR) is 140 cm³/mol. The van der Waals surface area contributed by atoms with Gasteiger partial charge in [-0.2, -0.15) is 13.2 Å². The van der Waals surface area contributed by atoms with Crippen molar-refractivity contribution in [3.05, 3.63) is 65.7 Å². The highest BCUT2D eigenvalue weighted by molar-refractivity contribution is 5.97. The molecule has 0 atom stereocenters. The first-order valence-electron chi connectivity index (χ1n) is 12.5. The van der Waals surface area contributed by atoms with Gasteiger partial charge in [0.15, 0.2) is 0 Å². The van der Waals surface area contributed by atoms with Gasteiger partial charge in [0.25, 0.3) is 5.91 Å². The number of likely N-dealkylation sites (tertiary alicyclic amines) is 1. The summed E-state index contributed by atoms with van der Waals surface area (Å²) in [5, 5.41) is 13.0. The zero-order chi connectivity index (χ0) is 29.2. The second-order valence-corrected chi connectivity index (χ2v) is 10.2. The maximum Gasteiger partial charge on any atom is 0.490 e. The van der Waals surface area contributed by atoms with Crippen molar-refractivity contribution in [2.75, 3.05) is 25.0 Å². The van der Waals surface area contributed by atoms with Gasteiger partial charge in [0.05, 0.1) is 0 Å². The standard InChI is InChI=1S/C26H33N3O3.C2HF3O2/c1-26(2,3)25(32)28-22-11-9-21(10-12-22)24(31)29-17-14-20(15-18-29)23(30)27-16-13-19-7-5-4-6-8-19;3-2(4,5)1(6)7/h4-12,20H,13-18H2,1-3H3,(H,27,30)(H,28,32);(H,6,7). The minimum absolute atomic E-state index is 0.0402. The minimum atomic E-state index is -5.08. The number of hydrogen-bond acceptors (Lipinski definition) is 4. The molecule has 1 fully saturated rings. The molecule has 2 aromatic carbocycles. The number of alkyl halides is 3. The van der Waals surface area contributed by atoms with Crippen molar-refractivity contribution in [1.29, 1.82) is 0 Å². The molecular weight excluding hydrogens is 515 g/mol. The number of amides is 3. The summed E-state index contributed by atoms with van der Waals surface area (Å²) >= 11 is 0. The highest BCUT2D eigenvalue weighted by Crippen LogP contribution is 2.21. The molecule has 2 aromatic rings. The van der Waals surface area contributed by atoms with E-state index in [-0.39, 0.29) is 23.6 Å². The number of nitrogens with one attached hydrogen (secondary N) is 2. The lowest BCUT2D eigenvalue weighted by atomic mass is 9.95. The van der Waals surface area contributed by atoms with Crippen molar-refractivity contribution < 1.29 is 37.5 Å². The molecule has 1 heterocycles. The van der Waals surface area contributed by atoms with Gasteiger partial charge in [-0.3, -0.25) is 14.4 Å². The van der Waals surface area contributed by atoms with Crippen molar-refractivity contribution in [1.82, 2.24) is 10.2 Å². The Morgan fingerprint density at radius 3 is 1.95 bits per heavy atom. The van der Waals surface area contributed by atoms with Crippen LogP contribution in [-0.2, 0) is 20.8 Å². The van der Waals surface area contributed by atoms with E-state index < -0.39 is 17.6 Å². The average Bonchev–Trinajstić information content (AvgIpc) is 2.88. The lowest BCUT2D eigenvalue weighted by Crippen LogP contribution is -2.43. The van der Waals surface area contributed by atoms with E-state index in [1.165, 1.54) is 5.56 Å². The molecule has 0 radical (unpaired) electrons. The molecule has 8 nitrogen and oxygen atoms in total. The van der Waals surface area contributed by atoms with E-state index in [1.54, 1.807) is 29.2 Å². The summed E-state index contributed by atoms with van der Waals surface area (Å²) in [6.45, 7) is 7.32. The Kier molecular flexibility index (Phi) is 11.1. The number of aliphatic carboxylic acids is 1. The molecule has 3 rings (SSSR count). The molecule has 212 valence electrons. The van der Waals surface area contributed by atoms with E-state index in [0.29, 0.717) is 43.7 Å². The molecule has 1 saturated heterocycles. The molecule has 11 heteroatoms. The second kappa shape index (κ2) is 13.8. The van der Waals surface area contributed by atoms with Gasteiger partial charge in [0.2, 0.25) is 11.8 Å². The van der Waals surface area contributed by atoms with Crippen LogP contribution in [0.15, 0.2) is 54.6 Å². The van der Waals surface area contributed by atoms with Crippen LogP contribution in [0, 0.1) is 11.3 Å². The lowest BCUT2D eigenvalue weighted by molar-refractivity contribution is -0.192. The van der Waals surface area contributed by atoms with E-state index in [4.69, 9.17) is 9.90 Å². The molecule has 1 aliphatic rings. The van der Waals surface area contributed by atoms with E-state index in [1.807, 2.05) is 39.0 Å². The molecule has 3 N–H and O–H groups in total. The highest BCUT2D eigenvalue weighted by Gasteiger charge is 2.38. The quantitative estimate of drug-likeness (QED) is 0.490. The zero-order valence-corrected chi connectivity index (χ0v) is 22.2. The summed E-state index contributed by atoms with van der Waals surface area (Å²) in [5.74, 6) is -2.84. The van der Waals surface area contributed by atoms with Crippen LogP contribution in [0.5, 0.6) is 0 Å². The van der Waals surface area contributed by atoms with Gasteiger partial charge in [-0.05, 0) is 49.1 Å². The number of carbonyl (C=O) groups excluding carboxylic acids is 3. The maximum atomic E-state index is 12.8. The van der Waals surface area contributed by atoms with Crippen molar-refractivity contribution in [2.45, 2.75) is 46.2 Å². The van der Waals surface area contributed by atoms with Crippen molar-refractivity contribution in [3.8, 4) is 0 Å². The van der Waals surface area contributed by atoms with E-state index in [2.05, 4.69) is 22.8 Å². The van der Waals surface area contributed by atoms with Gasteiger partial charge in [0.1, 0.15) is 0 Å². The number of nitrogens with zero attached hydrogens (tertiary/aromatic N) is 1. The Balaban J connectivity index is 0.000000673. The van der Waals surface area contributed by atoms with Crippen LogP contribution in [0.2, 0.25) is 0 Å². The Bertz CT molecular complexity index is 1120. The van der Waals surface area contributed by atoms with Gasteiger partial charge >= 0.3 is 12.1 Å². The second-order valence-electron chi connectivity index (χ2n) is 10.2. The summed E-state index contributed by atoms with van der Waals surface area (Å²) in [6, 6.07) is 17.1. The highest BCUT2D eigenvalue weighted by atomic mass is 19.4. The summed E-state index contributed by atoms with van der Waals surface area (Å²) in [6.07, 6.45) is -2.93. The summed E-state index contributed by atoms with van der Waals surface area (Å²) in [7, 11) is 0. The number of halogens is 3. The zero-order valence-electron chi connectivity index (χ0n) is 22.2. The molecule has 3 amide bonds. The number of anilines is 1. The number of piperidine rings is 1. The Morgan fingerprint density at radius 2 is 1.46 bits per heavy atom. The fraction of sp³-hybridized carbons (Fsp3) is 0.429. The van der Waals surface area contributed by atoms with Crippen molar-refractivity contribution in [3.63, 3.8) is 0 Å². The third-order valence-corrected chi connectivity index (χ3v) is 6.02. The third-order valence-electron chi connectivity index (χ3n) is 6.02. The largest absolute Gasteiger partial charge is 0.490 e. The first kappa shape index (κ1) is 31.3. The number of benzene rings is 2. The van der Waals surface area contributed by atoms with Gasteiger partial charge in [-0.25, -0.2) is 4.79 Å². The molecular formula is C28H34F3N3O5. The molecule has 0 aliphatic carbocycles. The fourth-order valence-corrected chi connectivity index (χ4v) is 3.66. The summed E-state index contributed by atoms with van der Waals surface area (Å²) in [5.41, 5.74) is 1.99. The van der Waals surface area contributed by atoms with Crippen LogP contribution >= 0.6 is 0 Å². The predicted octanol–water partition coefficient (Wildman–Crippen LogP) is 4.52. The topological polar surface area (TPSA) is 116 Å². The van der Waals surface area contributed by atoms with E-state index >= 15 is 0 Å². The average molecular weight is 550 g/mol. The molecule has 1 aliphatic heterocycles. The number of rotatable bonds is 6. The Labute approximate surface area is 225 Å². The lowest BCUT2D eigenvalue weighted by Gasteiger charge is -2.31. The summed E-state index contributed by atoms with van der Waals surface area (Å²) in [4.78, 5) is 48.1. The molecule has 0 spiro atoms. The number of carbonyl (C=O) groups is 4. The smallest absolute Gasteiger partial charge is 0.475 e. The molecule has 0 unspecified atom stereocenters. The first-order valence-corrected chi connectivity index (χ1v) is 12.5. The van der Waals surface area contributed by atoms with Crippen molar-refractivity contribution >= 4 is 29.4 Å². The Hall–Kier alpha value is -3.89. The van der Waals surface area contributed by atoms with E-state index in [0.717, 1.165) is 6.42 Å². The van der Waals surface area contributed by atoms with Crippen LogP contribution in [0.4, 0.5) is 18.9 Å². The normalized spacial score (nSPS) is 14.1. The molecule has 0 bridgehead atoms. The fourth-order valence-electron chi connectivity index (χ4n) is 3.66. The molecule has 0 saturated carbocycles. The molecule has 0 aromatic heterocycles. The van der Waals surface area contributed by atoms with Gasteiger partial charge in [0, 0.05) is 42.2 Å². The monoisotopic (exact) mass is 549 g/mol. The van der Waals surface area contributed by atoms with Crippen LogP contribution in [-0.4, -0.2) is 59.5 Å². The number of carboxylic acids is 1. The maximum absolute atomic E-state index is 12.8. The van der Waals surface area contributed by atoms with Crippen LogP contribution in [0.25, 0.3) is 0 Å². The minimum Gasteiger partial charge on any atom is -0.475 e. The van der Waals surface area contributed by atoms with E-state index in [9.17, 15) is 27.6 Å². The third kappa shape index (κ3) is 10.4. The SMILES string of the molecule is CC(C)(C)C(=O)Nc1ccc(C(=O)N2CCC(C(=O)NCCc3ccccc3)CC2)cc1.O=C(O)C(F)(F)F. The first-order chi connectivity index (χ1) is 18.2. The Morgan fingerprint density at radius 1 is 0.923 bits per heavy atom. The number of carboxylic acid groups (broad SMARTS) is 1. The van der Waals surface area contributed by atoms with Crippen molar-refractivity contribution in [2.24, 2.45) is 11.3 Å². The summed E-state index contributed by atoms with van der Waals surface area (Å²) < 4.78 is 31.7. The van der Waals surface area contributed by atoms with Crippen LogP contribution < -0.4 is 10.6 Å². The van der Waals surface area contributed by atoms with Crippen LogP contribution in [0.1, 0.15) is 49.5 Å². The van der Waals surface area contributed by atoms with Crippen LogP contribution in [0.3, 0.4) is 0 Å². The van der Waals surface area contributed by atoms with Gasteiger partial charge < -0.3 is 20.6 Å².